The van der Waals surface area contributed by atoms with Crippen LogP contribution in [0, 0.1) is 0 Å². The molecule has 0 N–H and O–H groups in total. The average Bonchev–Trinajstić information content (AvgIpc) is 3.57. The summed E-state index contributed by atoms with van der Waals surface area (Å²) in [6.07, 6.45) is -10.9. The highest BCUT2D eigenvalue weighted by Gasteiger charge is 2.69. The van der Waals surface area contributed by atoms with E-state index in [-0.39, 0.29) is 26.2 Å². The summed E-state index contributed by atoms with van der Waals surface area (Å²) in [5.41, 5.74) is -2.43. The average molecular weight is 731 g/mol. The molecule has 2 aliphatic rings. The fraction of sp³-hybridized carbons (Fsp3) is 0.432. The van der Waals surface area contributed by atoms with Crippen LogP contribution in [0.25, 0.3) is 0 Å². The highest BCUT2D eigenvalue weighted by atomic mass is 32.2. The van der Waals surface area contributed by atoms with Gasteiger partial charge in [-0.15, -0.1) is 0 Å². The van der Waals surface area contributed by atoms with Gasteiger partial charge in [0, 0.05) is 20.5 Å². The van der Waals surface area contributed by atoms with Crippen molar-refractivity contribution in [2.75, 3.05) is 27.8 Å². The van der Waals surface area contributed by atoms with E-state index in [1.54, 1.807) is 67.5 Å². The van der Waals surface area contributed by atoms with E-state index >= 15 is 13.2 Å². The zero-order chi connectivity index (χ0) is 36.6. The van der Waals surface area contributed by atoms with E-state index in [9.17, 15) is 9.59 Å². The normalized spacial score (nSPS) is 22.6. The zero-order valence-electron chi connectivity index (χ0n) is 28.7. The fourth-order valence-electron chi connectivity index (χ4n) is 5.95. The Labute approximate surface area is 299 Å². The molecule has 2 aliphatic heterocycles. The largest absolute Gasteiger partial charge is 0.497 e. The topological polar surface area (TPSA) is 105 Å². The van der Waals surface area contributed by atoms with Crippen molar-refractivity contribution in [3.8, 4) is 5.75 Å². The van der Waals surface area contributed by atoms with E-state index in [1.165, 1.54) is 14.0 Å². The van der Waals surface area contributed by atoms with Crippen molar-refractivity contribution in [1.82, 2.24) is 4.90 Å². The number of thioether (sulfide) groups is 1. The number of amidine groups is 1. The summed E-state index contributed by atoms with van der Waals surface area (Å²) in [7, 11) is 5.00. The maximum atomic E-state index is 16.0. The minimum absolute atomic E-state index is 0.0254. The number of hydrogen-bond acceptors (Lipinski definition) is 11. The standard InChI is InChI=1S/C37H41F3N2O8S/c1-5-46-32(43)33(44)50-36(37(38,39)40,21-20-24-16-18-27(45-4)19-17-24)31-30(48-23-26-14-10-7-11-15-26)29(47-22-25-12-8-6-9-13-25)28-34(49-31)51-35(41-28)42(2)3/h6-19,28-31,34H,5,20-23H2,1-4H3/t28-,29-,30+,31+,34-,36?/m1/s1. The van der Waals surface area contributed by atoms with Crippen LogP contribution in [-0.2, 0) is 52.9 Å². The molecule has 5 rings (SSSR count). The Balaban J connectivity index is 1.63. The van der Waals surface area contributed by atoms with Crippen LogP contribution in [0.15, 0.2) is 89.9 Å². The van der Waals surface area contributed by atoms with Crippen molar-refractivity contribution in [1.29, 1.82) is 0 Å². The van der Waals surface area contributed by atoms with Gasteiger partial charge in [-0.25, -0.2) is 9.59 Å². The Morgan fingerprint density at radius 2 is 1.43 bits per heavy atom. The number of ether oxygens (including phenoxy) is 6. The van der Waals surface area contributed by atoms with Crippen molar-refractivity contribution < 1.29 is 51.2 Å². The van der Waals surface area contributed by atoms with E-state index < -0.39 is 59.9 Å². The summed E-state index contributed by atoms with van der Waals surface area (Å²) in [6, 6.07) is 23.8. The second kappa shape index (κ2) is 16.9. The van der Waals surface area contributed by atoms with Crippen molar-refractivity contribution in [3.05, 3.63) is 102 Å². The second-order valence-electron chi connectivity index (χ2n) is 12.2. The van der Waals surface area contributed by atoms with Gasteiger partial charge in [-0.2, -0.15) is 13.2 Å². The van der Waals surface area contributed by atoms with Crippen LogP contribution in [0.3, 0.4) is 0 Å². The Morgan fingerprint density at radius 1 is 0.843 bits per heavy atom. The predicted molar refractivity (Wildman–Crippen MR) is 184 cm³/mol. The van der Waals surface area contributed by atoms with Crippen molar-refractivity contribution in [2.45, 2.75) is 74.5 Å². The maximum Gasteiger partial charge on any atom is 0.431 e. The first-order valence-electron chi connectivity index (χ1n) is 16.4. The third-order valence-corrected chi connectivity index (χ3v) is 9.86. The lowest BCUT2D eigenvalue weighted by molar-refractivity contribution is -0.335. The number of esters is 2. The summed E-state index contributed by atoms with van der Waals surface area (Å²) < 4.78 is 82.5. The van der Waals surface area contributed by atoms with Crippen molar-refractivity contribution >= 4 is 28.9 Å². The minimum Gasteiger partial charge on any atom is -0.497 e. The molecule has 1 saturated heterocycles. The molecule has 10 nitrogen and oxygen atoms in total. The first kappa shape index (κ1) is 38.1. The van der Waals surface area contributed by atoms with Crippen LogP contribution < -0.4 is 4.74 Å². The highest BCUT2D eigenvalue weighted by Crippen LogP contribution is 2.49. The third-order valence-electron chi connectivity index (χ3n) is 8.55. The number of fused-ring (bicyclic) bond motifs is 1. The number of methoxy groups -OCH3 is 1. The summed E-state index contributed by atoms with van der Waals surface area (Å²) in [5, 5.41) is 0.514. The molecule has 0 aliphatic carbocycles. The quantitative estimate of drug-likeness (QED) is 0.155. The molecule has 3 aromatic carbocycles. The molecule has 14 heteroatoms. The number of hydrogen-bond donors (Lipinski definition) is 0. The molecule has 0 saturated carbocycles. The Hall–Kier alpha value is -4.11. The van der Waals surface area contributed by atoms with E-state index in [0.29, 0.717) is 22.0 Å². The monoisotopic (exact) mass is 730 g/mol. The summed E-state index contributed by atoms with van der Waals surface area (Å²) in [5.74, 6) is -2.85. The number of nitrogens with zero attached hydrogens (tertiary/aromatic N) is 2. The molecule has 3 aromatic rings. The molecule has 0 radical (unpaired) electrons. The van der Waals surface area contributed by atoms with Crippen LogP contribution in [0.2, 0.25) is 0 Å². The number of aryl methyl sites for hydroxylation is 1. The number of rotatable bonds is 13. The number of halogens is 3. The summed E-state index contributed by atoms with van der Waals surface area (Å²) in [6.45, 7) is 1.08. The number of carbonyl (C=O) groups excluding carboxylic acids is 2. The lowest BCUT2D eigenvalue weighted by atomic mass is 9.81. The van der Waals surface area contributed by atoms with Gasteiger partial charge in [0.2, 0.25) is 5.60 Å². The van der Waals surface area contributed by atoms with Gasteiger partial charge in [0.1, 0.15) is 35.5 Å². The second-order valence-corrected chi connectivity index (χ2v) is 13.3. The van der Waals surface area contributed by atoms with Gasteiger partial charge in [-0.3, -0.25) is 4.99 Å². The molecular weight excluding hydrogens is 689 g/mol. The van der Waals surface area contributed by atoms with Crippen molar-refractivity contribution in [3.63, 3.8) is 0 Å². The maximum absolute atomic E-state index is 16.0. The number of benzene rings is 3. The number of alkyl halides is 3. The van der Waals surface area contributed by atoms with Gasteiger partial charge in [0.05, 0.1) is 26.9 Å². The fourth-order valence-corrected chi connectivity index (χ4v) is 7.09. The molecule has 274 valence electrons. The smallest absolute Gasteiger partial charge is 0.431 e. The molecule has 1 fully saturated rings. The van der Waals surface area contributed by atoms with Crippen LogP contribution in [0.5, 0.6) is 5.75 Å². The van der Waals surface area contributed by atoms with Crippen LogP contribution in [-0.4, -0.2) is 91.4 Å². The highest BCUT2D eigenvalue weighted by molar-refractivity contribution is 8.14. The van der Waals surface area contributed by atoms with Crippen LogP contribution >= 0.6 is 11.8 Å². The first-order chi connectivity index (χ1) is 24.5. The van der Waals surface area contributed by atoms with E-state index in [4.69, 9.17) is 33.4 Å². The number of aliphatic imine (C=N–C) groups is 1. The van der Waals surface area contributed by atoms with Crippen LogP contribution in [0.4, 0.5) is 13.2 Å². The Bertz CT molecular complexity index is 1630. The molecule has 0 bridgehead atoms. The molecule has 0 spiro atoms. The SMILES string of the molecule is CCOC(=O)C(=O)OC(CCc1ccc(OC)cc1)([C@H]1O[C@@H]2SC(N(C)C)=N[C@@H]2[C@@H](OCc2ccccc2)[C@@H]1OCc1ccccc1)C(F)(F)F. The Kier molecular flexibility index (Phi) is 12.7. The van der Waals surface area contributed by atoms with Gasteiger partial charge in [-0.1, -0.05) is 84.6 Å². The van der Waals surface area contributed by atoms with Crippen LogP contribution in [0.1, 0.15) is 30.0 Å². The van der Waals surface area contributed by atoms with E-state index in [1.807, 2.05) is 36.4 Å². The molecular formula is C37H41F3N2O8S. The lowest BCUT2D eigenvalue weighted by Crippen LogP contribution is -2.69. The summed E-state index contributed by atoms with van der Waals surface area (Å²) >= 11 is 1.13. The van der Waals surface area contributed by atoms with Gasteiger partial charge in [0.15, 0.2) is 5.17 Å². The van der Waals surface area contributed by atoms with Gasteiger partial charge in [-0.05, 0) is 42.2 Å². The lowest BCUT2D eigenvalue weighted by Gasteiger charge is -2.50. The third kappa shape index (κ3) is 9.04. The molecule has 2 heterocycles. The van der Waals surface area contributed by atoms with Gasteiger partial charge < -0.3 is 33.3 Å². The van der Waals surface area contributed by atoms with E-state index in [0.717, 1.165) is 17.3 Å². The predicted octanol–water partition coefficient (Wildman–Crippen LogP) is 5.96. The molecule has 51 heavy (non-hydrogen) atoms. The molecule has 1 unspecified atom stereocenters. The molecule has 0 amide bonds. The Morgan fingerprint density at radius 3 is 1.96 bits per heavy atom. The summed E-state index contributed by atoms with van der Waals surface area (Å²) in [4.78, 5) is 32.3. The van der Waals surface area contributed by atoms with Gasteiger partial charge >= 0.3 is 18.1 Å². The minimum atomic E-state index is -5.27. The molecule has 0 aromatic heterocycles. The van der Waals surface area contributed by atoms with Crippen molar-refractivity contribution in [2.24, 2.45) is 4.99 Å². The van der Waals surface area contributed by atoms with Gasteiger partial charge in [0.25, 0.3) is 0 Å². The van der Waals surface area contributed by atoms with E-state index in [2.05, 4.69) is 0 Å². The number of carbonyl (C=O) groups is 2. The molecule has 6 atom stereocenters. The first-order valence-corrected chi connectivity index (χ1v) is 17.3. The zero-order valence-corrected chi connectivity index (χ0v) is 29.5.